The van der Waals surface area contributed by atoms with Gasteiger partial charge < -0.3 is 4.74 Å². The summed E-state index contributed by atoms with van der Waals surface area (Å²) in [5.74, 6) is -0.241. The fourth-order valence-corrected chi connectivity index (χ4v) is 1.74. The van der Waals surface area contributed by atoms with Gasteiger partial charge in [0.2, 0.25) is 0 Å². The van der Waals surface area contributed by atoms with E-state index in [4.69, 9.17) is 4.74 Å². The zero-order valence-corrected chi connectivity index (χ0v) is 10.8. The molecule has 0 saturated heterocycles. The summed E-state index contributed by atoms with van der Waals surface area (Å²) in [6.45, 7) is 5.72. The van der Waals surface area contributed by atoms with Crippen LogP contribution in [0, 0.1) is 0 Å². The van der Waals surface area contributed by atoms with Gasteiger partial charge in [-0.05, 0) is 44.0 Å². The SMILES string of the molecule is CCc1cc(Br)ccc1C(=O)OC(C)C. The molecule has 0 aromatic heterocycles. The second-order valence-corrected chi connectivity index (χ2v) is 4.52. The Morgan fingerprint density at radius 2 is 2.13 bits per heavy atom. The maximum atomic E-state index is 11.7. The Labute approximate surface area is 98.8 Å². The van der Waals surface area contributed by atoms with E-state index >= 15 is 0 Å². The van der Waals surface area contributed by atoms with Crippen molar-refractivity contribution in [1.29, 1.82) is 0 Å². The number of hydrogen-bond acceptors (Lipinski definition) is 2. The number of halogens is 1. The molecule has 2 nitrogen and oxygen atoms in total. The van der Waals surface area contributed by atoms with Crippen LogP contribution in [-0.4, -0.2) is 12.1 Å². The van der Waals surface area contributed by atoms with Crippen molar-refractivity contribution in [3.05, 3.63) is 33.8 Å². The van der Waals surface area contributed by atoms with Crippen molar-refractivity contribution in [2.75, 3.05) is 0 Å². The summed E-state index contributed by atoms with van der Waals surface area (Å²) in [7, 11) is 0. The van der Waals surface area contributed by atoms with E-state index in [9.17, 15) is 4.79 Å². The highest BCUT2D eigenvalue weighted by Crippen LogP contribution is 2.18. The molecule has 0 aliphatic rings. The zero-order valence-electron chi connectivity index (χ0n) is 9.21. The third-order valence-electron chi connectivity index (χ3n) is 2.01. The molecule has 1 rings (SSSR count). The van der Waals surface area contributed by atoms with Gasteiger partial charge in [-0.1, -0.05) is 22.9 Å². The third kappa shape index (κ3) is 3.34. The van der Waals surface area contributed by atoms with Gasteiger partial charge in [0.1, 0.15) is 0 Å². The first-order valence-electron chi connectivity index (χ1n) is 5.04. The smallest absolute Gasteiger partial charge is 0.338 e. The van der Waals surface area contributed by atoms with Crippen molar-refractivity contribution in [2.24, 2.45) is 0 Å². The van der Waals surface area contributed by atoms with Crippen LogP contribution in [0.5, 0.6) is 0 Å². The van der Waals surface area contributed by atoms with Crippen molar-refractivity contribution in [3.63, 3.8) is 0 Å². The largest absolute Gasteiger partial charge is 0.459 e. The molecule has 1 aromatic carbocycles. The minimum Gasteiger partial charge on any atom is -0.459 e. The molecular formula is C12H15BrO2. The predicted molar refractivity (Wildman–Crippen MR) is 64.1 cm³/mol. The quantitative estimate of drug-likeness (QED) is 0.785. The van der Waals surface area contributed by atoms with Crippen LogP contribution in [0.25, 0.3) is 0 Å². The van der Waals surface area contributed by atoms with Gasteiger partial charge in [0.15, 0.2) is 0 Å². The lowest BCUT2D eigenvalue weighted by atomic mass is 10.1. The predicted octanol–water partition coefficient (Wildman–Crippen LogP) is 3.58. The lowest BCUT2D eigenvalue weighted by Crippen LogP contribution is -2.13. The standard InChI is InChI=1S/C12H15BrO2/c1-4-9-7-10(13)5-6-11(9)12(14)15-8(2)3/h5-8H,4H2,1-3H3. The number of ether oxygens (including phenoxy) is 1. The molecule has 0 radical (unpaired) electrons. The highest BCUT2D eigenvalue weighted by molar-refractivity contribution is 9.10. The van der Waals surface area contributed by atoms with E-state index in [1.165, 1.54) is 0 Å². The lowest BCUT2D eigenvalue weighted by Gasteiger charge is -2.11. The summed E-state index contributed by atoms with van der Waals surface area (Å²) in [5, 5.41) is 0. The Kier molecular flexibility index (Phi) is 4.33. The van der Waals surface area contributed by atoms with Crippen molar-refractivity contribution in [2.45, 2.75) is 33.3 Å². The summed E-state index contributed by atoms with van der Waals surface area (Å²) in [6.07, 6.45) is 0.743. The number of aryl methyl sites for hydroxylation is 1. The normalized spacial score (nSPS) is 10.5. The zero-order chi connectivity index (χ0) is 11.4. The van der Waals surface area contributed by atoms with Crippen molar-refractivity contribution in [1.82, 2.24) is 0 Å². The summed E-state index contributed by atoms with van der Waals surface area (Å²) in [6, 6.07) is 5.61. The second kappa shape index (κ2) is 5.31. The maximum absolute atomic E-state index is 11.7. The van der Waals surface area contributed by atoms with E-state index in [1.54, 1.807) is 6.07 Å². The van der Waals surface area contributed by atoms with E-state index in [2.05, 4.69) is 15.9 Å². The monoisotopic (exact) mass is 270 g/mol. The minimum absolute atomic E-state index is 0.0779. The van der Waals surface area contributed by atoms with Gasteiger partial charge in [-0.3, -0.25) is 0 Å². The van der Waals surface area contributed by atoms with Gasteiger partial charge in [0.25, 0.3) is 0 Å². The van der Waals surface area contributed by atoms with E-state index in [-0.39, 0.29) is 12.1 Å². The summed E-state index contributed by atoms with van der Waals surface area (Å²) in [4.78, 5) is 11.7. The van der Waals surface area contributed by atoms with Gasteiger partial charge in [-0.25, -0.2) is 4.79 Å². The molecule has 0 heterocycles. The first-order valence-corrected chi connectivity index (χ1v) is 5.83. The molecule has 0 atom stereocenters. The Bertz CT molecular complexity index is 359. The molecule has 82 valence electrons. The number of benzene rings is 1. The van der Waals surface area contributed by atoms with Crippen LogP contribution >= 0.6 is 15.9 Å². The molecule has 0 spiro atoms. The van der Waals surface area contributed by atoms with Crippen LogP contribution < -0.4 is 0 Å². The summed E-state index contributed by atoms with van der Waals surface area (Å²) >= 11 is 3.38. The van der Waals surface area contributed by atoms with E-state index < -0.39 is 0 Å². The van der Waals surface area contributed by atoms with Crippen molar-refractivity contribution in [3.8, 4) is 0 Å². The lowest BCUT2D eigenvalue weighted by molar-refractivity contribution is 0.0376. The van der Waals surface area contributed by atoms with Crippen molar-refractivity contribution < 1.29 is 9.53 Å². The highest BCUT2D eigenvalue weighted by Gasteiger charge is 2.13. The summed E-state index contributed by atoms with van der Waals surface area (Å²) < 4.78 is 6.15. The molecule has 0 saturated carbocycles. The first kappa shape index (κ1) is 12.2. The van der Waals surface area contributed by atoms with Crippen molar-refractivity contribution >= 4 is 21.9 Å². The highest BCUT2D eigenvalue weighted by atomic mass is 79.9. The number of esters is 1. The van der Waals surface area contributed by atoms with E-state index in [0.29, 0.717) is 5.56 Å². The van der Waals surface area contributed by atoms with Gasteiger partial charge in [0, 0.05) is 4.47 Å². The van der Waals surface area contributed by atoms with Gasteiger partial charge >= 0.3 is 5.97 Å². The molecule has 0 aliphatic carbocycles. The van der Waals surface area contributed by atoms with Crippen LogP contribution in [-0.2, 0) is 11.2 Å². The Morgan fingerprint density at radius 1 is 1.47 bits per heavy atom. The van der Waals surface area contributed by atoms with Gasteiger partial charge in [-0.2, -0.15) is 0 Å². The molecule has 0 aliphatic heterocycles. The summed E-state index contributed by atoms with van der Waals surface area (Å²) in [5.41, 5.74) is 1.67. The number of carbonyl (C=O) groups excluding carboxylic acids is 1. The molecule has 3 heteroatoms. The number of rotatable bonds is 3. The van der Waals surface area contributed by atoms with Crippen LogP contribution in [0.15, 0.2) is 22.7 Å². The molecule has 1 aromatic rings. The molecule has 15 heavy (non-hydrogen) atoms. The van der Waals surface area contributed by atoms with Crippen LogP contribution in [0.3, 0.4) is 0 Å². The average molecular weight is 271 g/mol. The van der Waals surface area contributed by atoms with Crippen LogP contribution in [0.1, 0.15) is 36.7 Å². The molecular weight excluding hydrogens is 256 g/mol. The molecule has 0 N–H and O–H groups in total. The Morgan fingerprint density at radius 3 is 2.67 bits per heavy atom. The fourth-order valence-electron chi connectivity index (χ4n) is 1.33. The fraction of sp³-hybridized carbons (Fsp3) is 0.417. The number of carbonyl (C=O) groups is 1. The number of hydrogen-bond donors (Lipinski definition) is 0. The average Bonchev–Trinajstić information content (AvgIpc) is 2.16. The van der Waals surface area contributed by atoms with Crippen LogP contribution in [0.4, 0.5) is 0 Å². The minimum atomic E-state index is -0.241. The molecule has 0 unspecified atom stereocenters. The third-order valence-corrected chi connectivity index (χ3v) is 2.50. The topological polar surface area (TPSA) is 26.3 Å². The molecule has 0 fully saturated rings. The van der Waals surface area contributed by atoms with Crippen LogP contribution in [0.2, 0.25) is 0 Å². The van der Waals surface area contributed by atoms with Gasteiger partial charge in [-0.15, -0.1) is 0 Å². The maximum Gasteiger partial charge on any atom is 0.338 e. The van der Waals surface area contributed by atoms with Gasteiger partial charge in [0.05, 0.1) is 11.7 Å². The molecule has 0 amide bonds. The molecule has 0 bridgehead atoms. The first-order chi connectivity index (χ1) is 7.04. The Balaban J connectivity index is 2.97. The van der Waals surface area contributed by atoms with E-state index in [0.717, 1.165) is 16.5 Å². The Hall–Kier alpha value is -0.830. The van der Waals surface area contributed by atoms with E-state index in [1.807, 2.05) is 32.9 Å². The second-order valence-electron chi connectivity index (χ2n) is 3.61.